The molecule has 1 aromatic heterocycles. The lowest BCUT2D eigenvalue weighted by Gasteiger charge is -2.29. The normalized spacial score (nSPS) is 22.4. The maximum atomic E-state index is 12.8. The van der Waals surface area contributed by atoms with Gasteiger partial charge < -0.3 is 10.6 Å². The van der Waals surface area contributed by atoms with Gasteiger partial charge in [-0.1, -0.05) is 13.8 Å². The molecule has 1 aliphatic heterocycles. The first-order valence-corrected chi connectivity index (χ1v) is 9.09. The third kappa shape index (κ3) is 2.83. The van der Waals surface area contributed by atoms with Crippen molar-refractivity contribution in [2.45, 2.75) is 52.4 Å². The number of hydrogen-bond donors (Lipinski definition) is 1. The zero-order chi connectivity index (χ0) is 15.0. The number of nitrogens with zero attached hydrogens (tertiary/aromatic N) is 1. The van der Waals surface area contributed by atoms with Gasteiger partial charge in [-0.2, -0.15) is 0 Å². The number of carbonyl (C=O) groups excluding carboxylic acids is 1. The molecule has 1 atom stereocenters. The van der Waals surface area contributed by atoms with Crippen molar-refractivity contribution >= 4 is 22.2 Å². The van der Waals surface area contributed by atoms with Crippen LogP contribution < -0.4 is 5.73 Å². The summed E-state index contributed by atoms with van der Waals surface area (Å²) < 4.78 is 0. The fourth-order valence-corrected chi connectivity index (χ4v) is 4.89. The molecule has 0 aromatic carbocycles. The van der Waals surface area contributed by atoms with Gasteiger partial charge in [0.05, 0.1) is 10.6 Å². The molecule has 1 aliphatic carbocycles. The molecular formula is C17H26N2OS. The molecule has 0 spiro atoms. The van der Waals surface area contributed by atoms with Gasteiger partial charge in [-0.05, 0) is 55.9 Å². The van der Waals surface area contributed by atoms with E-state index in [2.05, 4.69) is 13.8 Å². The quantitative estimate of drug-likeness (QED) is 0.905. The third-order valence-corrected chi connectivity index (χ3v) is 6.21. The van der Waals surface area contributed by atoms with Crippen molar-refractivity contribution in [3.8, 4) is 0 Å². The molecular weight excluding hydrogens is 280 g/mol. The second-order valence-electron chi connectivity index (χ2n) is 6.84. The number of piperidine rings is 1. The highest BCUT2D eigenvalue weighted by Gasteiger charge is 2.31. The SMILES string of the molecule is CC(C)C1CCc2c(sc(N)c2C(=O)N2CCCCC2)C1. The van der Waals surface area contributed by atoms with E-state index >= 15 is 0 Å². The fourth-order valence-electron chi connectivity index (χ4n) is 3.69. The van der Waals surface area contributed by atoms with E-state index in [1.54, 1.807) is 11.3 Å². The smallest absolute Gasteiger partial charge is 0.257 e. The summed E-state index contributed by atoms with van der Waals surface area (Å²) in [6, 6.07) is 0. The lowest BCUT2D eigenvalue weighted by molar-refractivity contribution is 0.0724. The number of nitrogen functional groups attached to an aromatic ring is 1. The van der Waals surface area contributed by atoms with Crippen molar-refractivity contribution in [2.75, 3.05) is 18.8 Å². The Hall–Kier alpha value is -1.03. The van der Waals surface area contributed by atoms with Crippen molar-refractivity contribution < 1.29 is 4.79 Å². The van der Waals surface area contributed by atoms with Crippen LogP contribution in [-0.4, -0.2) is 23.9 Å². The van der Waals surface area contributed by atoms with Crippen LogP contribution in [0.5, 0.6) is 0 Å². The van der Waals surface area contributed by atoms with E-state index in [-0.39, 0.29) is 5.91 Å². The topological polar surface area (TPSA) is 46.3 Å². The van der Waals surface area contributed by atoms with Gasteiger partial charge >= 0.3 is 0 Å². The molecule has 0 bridgehead atoms. The number of rotatable bonds is 2. The second-order valence-corrected chi connectivity index (χ2v) is 7.98. The van der Waals surface area contributed by atoms with Gasteiger partial charge in [-0.3, -0.25) is 4.79 Å². The second kappa shape index (κ2) is 5.99. The first-order chi connectivity index (χ1) is 10.1. The number of hydrogen-bond acceptors (Lipinski definition) is 3. The summed E-state index contributed by atoms with van der Waals surface area (Å²) in [5.41, 5.74) is 8.34. The highest BCUT2D eigenvalue weighted by atomic mass is 32.1. The Morgan fingerprint density at radius 2 is 2.00 bits per heavy atom. The summed E-state index contributed by atoms with van der Waals surface area (Å²) in [5.74, 6) is 1.64. The first kappa shape index (κ1) is 14.9. The Bertz CT molecular complexity index is 529. The molecule has 1 amide bonds. The molecule has 1 aromatic rings. The minimum Gasteiger partial charge on any atom is -0.390 e. The lowest BCUT2D eigenvalue weighted by atomic mass is 9.80. The van der Waals surface area contributed by atoms with E-state index < -0.39 is 0 Å². The fraction of sp³-hybridized carbons (Fsp3) is 0.706. The lowest BCUT2D eigenvalue weighted by Crippen LogP contribution is -2.36. The van der Waals surface area contributed by atoms with Gasteiger partial charge in [0.25, 0.3) is 5.91 Å². The summed E-state index contributed by atoms with van der Waals surface area (Å²) in [7, 11) is 0. The van der Waals surface area contributed by atoms with Crippen molar-refractivity contribution in [3.63, 3.8) is 0 Å². The number of anilines is 1. The number of fused-ring (bicyclic) bond motifs is 1. The van der Waals surface area contributed by atoms with E-state index in [9.17, 15) is 4.79 Å². The van der Waals surface area contributed by atoms with Crippen LogP contribution in [-0.2, 0) is 12.8 Å². The summed E-state index contributed by atoms with van der Waals surface area (Å²) in [5, 5.41) is 0.750. The highest BCUT2D eigenvalue weighted by Crippen LogP contribution is 2.40. The van der Waals surface area contributed by atoms with Crippen LogP contribution in [0.2, 0.25) is 0 Å². The van der Waals surface area contributed by atoms with Gasteiger partial charge in [0.1, 0.15) is 0 Å². The minimum absolute atomic E-state index is 0.188. The molecule has 2 heterocycles. The molecule has 0 radical (unpaired) electrons. The average molecular weight is 306 g/mol. The number of amides is 1. The Morgan fingerprint density at radius 1 is 1.29 bits per heavy atom. The van der Waals surface area contributed by atoms with Crippen LogP contribution in [0.4, 0.5) is 5.00 Å². The standard InChI is InChI=1S/C17H26N2OS/c1-11(2)12-6-7-13-14(10-12)21-16(18)15(13)17(20)19-8-4-3-5-9-19/h11-12H,3-10,18H2,1-2H3. The van der Waals surface area contributed by atoms with Crippen molar-refractivity contribution in [3.05, 3.63) is 16.0 Å². The van der Waals surface area contributed by atoms with Crippen LogP contribution in [0, 0.1) is 11.8 Å². The van der Waals surface area contributed by atoms with Crippen LogP contribution in [0.25, 0.3) is 0 Å². The van der Waals surface area contributed by atoms with Crippen LogP contribution in [0.15, 0.2) is 0 Å². The zero-order valence-corrected chi connectivity index (χ0v) is 14.0. The van der Waals surface area contributed by atoms with Gasteiger partial charge in [0, 0.05) is 18.0 Å². The molecule has 2 aliphatic rings. The Morgan fingerprint density at radius 3 is 2.67 bits per heavy atom. The van der Waals surface area contributed by atoms with E-state index in [1.165, 1.54) is 23.3 Å². The molecule has 3 rings (SSSR count). The van der Waals surface area contributed by atoms with Crippen LogP contribution >= 0.6 is 11.3 Å². The summed E-state index contributed by atoms with van der Waals surface area (Å²) in [6.45, 7) is 6.40. The Balaban J connectivity index is 1.85. The predicted octanol–water partition coefficient (Wildman–Crippen LogP) is 3.72. The van der Waals surface area contributed by atoms with Crippen LogP contribution in [0.3, 0.4) is 0 Å². The van der Waals surface area contributed by atoms with Crippen molar-refractivity contribution in [1.29, 1.82) is 0 Å². The van der Waals surface area contributed by atoms with E-state index in [4.69, 9.17) is 5.73 Å². The molecule has 1 fully saturated rings. The molecule has 1 unspecified atom stereocenters. The van der Waals surface area contributed by atoms with Gasteiger partial charge in [0.2, 0.25) is 0 Å². The third-order valence-electron chi connectivity index (χ3n) is 5.13. The number of thiophene rings is 1. The van der Waals surface area contributed by atoms with Gasteiger partial charge in [-0.15, -0.1) is 11.3 Å². The molecule has 4 heteroatoms. The predicted molar refractivity (Wildman–Crippen MR) is 88.8 cm³/mol. The van der Waals surface area contributed by atoms with Crippen LogP contribution in [0.1, 0.15) is 60.3 Å². The minimum atomic E-state index is 0.188. The number of nitrogens with two attached hydrogens (primary N) is 1. The average Bonchev–Trinajstić information content (AvgIpc) is 2.82. The molecule has 0 saturated carbocycles. The van der Waals surface area contributed by atoms with Crippen molar-refractivity contribution in [2.24, 2.45) is 11.8 Å². The number of carbonyl (C=O) groups is 1. The highest BCUT2D eigenvalue weighted by molar-refractivity contribution is 7.16. The monoisotopic (exact) mass is 306 g/mol. The van der Waals surface area contributed by atoms with Gasteiger partial charge in [-0.25, -0.2) is 0 Å². The summed E-state index contributed by atoms with van der Waals surface area (Å²) >= 11 is 1.66. The Kier molecular flexibility index (Phi) is 4.25. The maximum Gasteiger partial charge on any atom is 0.257 e. The largest absolute Gasteiger partial charge is 0.390 e. The molecule has 3 nitrogen and oxygen atoms in total. The van der Waals surface area contributed by atoms with Crippen molar-refractivity contribution in [1.82, 2.24) is 4.90 Å². The molecule has 116 valence electrons. The van der Waals surface area contributed by atoms with E-state index in [1.807, 2.05) is 4.90 Å². The summed E-state index contributed by atoms with van der Waals surface area (Å²) in [6.07, 6.45) is 6.84. The zero-order valence-electron chi connectivity index (χ0n) is 13.2. The van der Waals surface area contributed by atoms with E-state index in [0.29, 0.717) is 5.92 Å². The number of likely N-dealkylation sites (tertiary alicyclic amines) is 1. The van der Waals surface area contributed by atoms with Gasteiger partial charge in [0.15, 0.2) is 0 Å². The van der Waals surface area contributed by atoms with E-state index in [0.717, 1.165) is 55.3 Å². The molecule has 2 N–H and O–H groups in total. The maximum absolute atomic E-state index is 12.8. The molecule has 1 saturated heterocycles. The molecule has 21 heavy (non-hydrogen) atoms. The first-order valence-electron chi connectivity index (χ1n) is 8.27. The summed E-state index contributed by atoms with van der Waals surface area (Å²) in [4.78, 5) is 16.2. The Labute approximate surface area is 131 Å².